The highest BCUT2D eigenvalue weighted by molar-refractivity contribution is 6.03. The number of hydrogen-bond acceptors (Lipinski definition) is 3. The molecular formula is C18H12F3N3O2. The van der Waals surface area contributed by atoms with E-state index in [1.165, 1.54) is 28.8 Å². The van der Waals surface area contributed by atoms with Crippen LogP contribution in [0.5, 0.6) is 5.75 Å². The number of nitrogens with zero attached hydrogens (tertiary/aromatic N) is 2. The third kappa shape index (κ3) is 2.79. The van der Waals surface area contributed by atoms with Gasteiger partial charge in [-0.25, -0.2) is 4.79 Å². The Morgan fingerprint density at radius 3 is 2.46 bits per heavy atom. The summed E-state index contributed by atoms with van der Waals surface area (Å²) in [4.78, 5) is 19.7. The summed E-state index contributed by atoms with van der Waals surface area (Å²) in [6, 6.07) is 12.4. The second kappa shape index (κ2) is 5.62. The summed E-state index contributed by atoms with van der Waals surface area (Å²) in [5, 5.41) is 0.793. The summed E-state index contributed by atoms with van der Waals surface area (Å²) < 4.78 is 42.1. The molecule has 2 aromatic heterocycles. The van der Waals surface area contributed by atoms with Crippen LogP contribution in [0, 0.1) is 6.92 Å². The Morgan fingerprint density at radius 1 is 1.04 bits per heavy atom. The number of aryl methyl sites for hydroxylation is 1. The number of hydrogen-bond donors (Lipinski definition) is 1. The number of imidazole rings is 1. The Morgan fingerprint density at radius 2 is 1.77 bits per heavy atom. The zero-order valence-electron chi connectivity index (χ0n) is 13.5. The molecule has 0 fully saturated rings. The lowest BCUT2D eigenvalue weighted by Gasteiger charge is -2.10. The second-order valence-electron chi connectivity index (χ2n) is 5.79. The Bertz CT molecular complexity index is 1170. The van der Waals surface area contributed by atoms with E-state index in [4.69, 9.17) is 0 Å². The number of halogens is 3. The molecule has 0 aliphatic rings. The van der Waals surface area contributed by atoms with Crippen molar-refractivity contribution in [2.24, 2.45) is 0 Å². The van der Waals surface area contributed by atoms with E-state index < -0.39 is 12.1 Å². The lowest BCUT2D eigenvalue weighted by atomic mass is 10.1. The van der Waals surface area contributed by atoms with Crippen LogP contribution in [0.4, 0.5) is 13.2 Å². The number of alkyl halides is 3. The SMILES string of the molecule is Cc1ccc2c(ccc3c2[nH]c(=O)n3-c2ccc(OC(F)(F)F)cc2)n1. The summed E-state index contributed by atoms with van der Waals surface area (Å²) in [7, 11) is 0. The van der Waals surface area contributed by atoms with Crippen molar-refractivity contribution < 1.29 is 17.9 Å². The fourth-order valence-corrected chi connectivity index (χ4v) is 2.94. The molecule has 2 heterocycles. The summed E-state index contributed by atoms with van der Waals surface area (Å²) >= 11 is 0. The standard InChI is InChI=1S/C18H12F3N3O2/c1-10-2-7-13-14(22-10)8-9-15-16(13)23-17(25)24(15)11-3-5-12(6-4-11)26-18(19,20)21/h2-9H,1H3,(H,23,25). The van der Waals surface area contributed by atoms with Crippen LogP contribution in [0.1, 0.15) is 5.69 Å². The molecule has 0 bridgehead atoms. The number of aromatic amines is 1. The molecule has 4 aromatic rings. The summed E-state index contributed by atoms with van der Waals surface area (Å²) in [5.41, 5.74) is 2.87. The maximum absolute atomic E-state index is 12.4. The van der Waals surface area contributed by atoms with E-state index in [1.807, 2.05) is 19.1 Å². The van der Waals surface area contributed by atoms with Crippen LogP contribution in [0.25, 0.3) is 27.6 Å². The number of rotatable bonds is 2. The minimum atomic E-state index is -4.76. The average molecular weight is 359 g/mol. The van der Waals surface area contributed by atoms with Gasteiger partial charge in [0.2, 0.25) is 0 Å². The topological polar surface area (TPSA) is 59.9 Å². The maximum Gasteiger partial charge on any atom is 0.573 e. The number of benzene rings is 2. The molecule has 5 nitrogen and oxygen atoms in total. The van der Waals surface area contributed by atoms with Gasteiger partial charge in [-0.2, -0.15) is 0 Å². The Hall–Kier alpha value is -3.29. The molecule has 4 rings (SSSR count). The highest BCUT2D eigenvalue weighted by atomic mass is 19.4. The van der Waals surface area contributed by atoms with Gasteiger partial charge >= 0.3 is 12.1 Å². The van der Waals surface area contributed by atoms with Crippen LogP contribution < -0.4 is 10.4 Å². The summed E-state index contributed by atoms with van der Waals surface area (Å²) in [5.74, 6) is -0.348. The third-order valence-electron chi connectivity index (χ3n) is 3.99. The van der Waals surface area contributed by atoms with Crippen LogP contribution in [0.15, 0.2) is 53.3 Å². The van der Waals surface area contributed by atoms with Gasteiger partial charge in [-0.3, -0.25) is 9.55 Å². The Labute approximate surface area is 144 Å². The predicted molar refractivity (Wildman–Crippen MR) is 90.6 cm³/mol. The van der Waals surface area contributed by atoms with Gasteiger partial charge in [-0.05, 0) is 55.5 Å². The van der Waals surface area contributed by atoms with Crippen LogP contribution in [-0.2, 0) is 0 Å². The zero-order valence-corrected chi connectivity index (χ0v) is 13.5. The molecule has 0 spiro atoms. The minimum Gasteiger partial charge on any atom is -0.406 e. The smallest absolute Gasteiger partial charge is 0.406 e. The van der Waals surface area contributed by atoms with Gasteiger partial charge in [0.1, 0.15) is 5.75 Å². The van der Waals surface area contributed by atoms with Crippen molar-refractivity contribution in [1.29, 1.82) is 0 Å². The van der Waals surface area contributed by atoms with E-state index >= 15 is 0 Å². The van der Waals surface area contributed by atoms with Crippen LogP contribution >= 0.6 is 0 Å². The fourth-order valence-electron chi connectivity index (χ4n) is 2.94. The monoisotopic (exact) mass is 359 g/mol. The van der Waals surface area contributed by atoms with Gasteiger partial charge in [0, 0.05) is 11.1 Å². The van der Waals surface area contributed by atoms with Gasteiger partial charge in [0.15, 0.2) is 0 Å². The number of nitrogens with one attached hydrogen (secondary N) is 1. The number of pyridine rings is 1. The summed E-state index contributed by atoms with van der Waals surface area (Å²) in [6.45, 7) is 1.88. The number of aromatic nitrogens is 3. The molecule has 0 unspecified atom stereocenters. The molecule has 8 heteroatoms. The number of H-pyrrole nitrogens is 1. The molecule has 0 aliphatic heterocycles. The van der Waals surface area contributed by atoms with Gasteiger partial charge in [-0.1, -0.05) is 0 Å². The molecule has 1 N–H and O–H groups in total. The number of ether oxygens (including phenoxy) is 1. The third-order valence-corrected chi connectivity index (χ3v) is 3.99. The highest BCUT2D eigenvalue weighted by Gasteiger charge is 2.31. The minimum absolute atomic E-state index is 0.348. The molecule has 132 valence electrons. The van der Waals surface area contributed by atoms with Crippen molar-refractivity contribution >= 4 is 21.9 Å². The highest BCUT2D eigenvalue weighted by Crippen LogP contribution is 2.26. The lowest BCUT2D eigenvalue weighted by molar-refractivity contribution is -0.274. The van der Waals surface area contributed by atoms with E-state index in [2.05, 4.69) is 14.7 Å². The molecular weight excluding hydrogens is 347 g/mol. The molecule has 0 aliphatic carbocycles. The van der Waals surface area contributed by atoms with E-state index in [1.54, 1.807) is 12.1 Å². The quantitative estimate of drug-likeness (QED) is 0.587. The molecule has 0 saturated heterocycles. The second-order valence-corrected chi connectivity index (χ2v) is 5.79. The van der Waals surface area contributed by atoms with Gasteiger partial charge in [0.05, 0.1) is 22.2 Å². The molecule has 0 radical (unpaired) electrons. The predicted octanol–water partition coefficient (Wildman–Crippen LogP) is 4.07. The molecule has 26 heavy (non-hydrogen) atoms. The fraction of sp³-hybridized carbons (Fsp3) is 0.111. The first-order valence-corrected chi connectivity index (χ1v) is 7.69. The van der Waals surface area contributed by atoms with E-state index in [0.717, 1.165) is 16.6 Å². The van der Waals surface area contributed by atoms with Gasteiger partial charge in [-0.15, -0.1) is 13.2 Å². The van der Waals surface area contributed by atoms with Crippen LogP contribution in [-0.4, -0.2) is 20.9 Å². The largest absolute Gasteiger partial charge is 0.573 e. The van der Waals surface area contributed by atoms with E-state index in [9.17, 15) is 18.0 Å². The van der Waals surface area contributed by atoms with Crippen molar-refractivity contribution in [2.75, 3.05) is 0 Å². The zero-order chi connectivity index (χ0) is 18.5. The Balaban J connectivity index is 1.85. The molecule has 0 atom stereocenters. The van der Waals surface area contributed by atoms with Crippen LogP contribution in [0.3, 0.4) is 0 Å². The average Bonchev–Trinajstić information content (AvgIpc) is 2.90. The van der Waals surface area contributed by atoms with Crippen molar-refractivity contribution in [3.8, 4) is 11.4 Å². The summed E-state index contributed by atoms with van der Waals surface area (Å²) in [6.07, 6.45) is -4.76. The van der Waals surface area contributed by atoms with Gasteiger partial charge < -0.3 is 9.72 Å². The first-order valence-electron chi connectivity index (χ1n) is 7.69. The number of fused-ring (bicyclic) bond motifs is 3. The molecule has 0 amide bonds. The molecule has 2 aromatic carbocycles. The van der Waals surface area contributed by atoms with Crippen molar-refractivity contribution in [3.63, 3.8) is 0 Å². The normalized spacial score (nSPS) is 12.0. The molecule has 0 saturated carbocycles. The van der Waals surface area contributed by atoms with Crippen molar-refractivity contribution in [1.82, 2.24) is 14.5 Å². The van der Waals surface area contributed by atoms with Gasteiger partial charge in [0.25, 0.3) is 0 Å². The first-order chi connectivity index (χ1) is 12.3. The maximum atomic E-state index is 12.4. The Kier molecular flexibility index (Phi) is 3.50. The van der Waals surface area contributed by atoms with Crippen molar-refractivity contribution in [3.05, 3.63) is 64.7 Å². The van der Waals surface area contributed by atoms with Crippen molar-refractivity contribution in [2.45, 2.75) is 13.3 Å². The lowest BCUT2D eigenvalue weighted by Crippen LogP contribution is -2.17. The van der Waals surface area contributed by atoms with Crippen LogP contribution in [0.2, 0.25) is 0 Å². The first kappa shape index (κ1) is 16.2. The van der Waals surface area contributed by atoms with E-state index in [0.29, 0.717) is 16.7 Å². The van der Waals surface area contributed by atoms with E-state index in [-0.39, 0.29) is 5.75 Å².